The average molecular weight is 364 g/mol. The van der Waals surface area contributed by atoms with E-state index in [4.69, 9.17) is 9.47 Å². The van der Waals surface area contributed by atoms with Crippen molar-refractivity contribution in [3.05, 3.63) is 71.9 Å². The van der Waals surface area contributed by atoms with Gasteiger partial charge in [0.1, 0.15) is 0 Å². The number of benzene rings is 2. The SMILES string of the molecule is C=CCc1cc(CNCCc2c[nH]c3ccccc23)cc(OC)c1OCC. The summed E-state index contributed by atoms with van der Waals surface area (Å²) in [6.07, 6.45) is 5.74. The highest BCUT2D eigenvalue weighted by atomic mass is 16.5. The van der Waals surface area contributed by atoms with E-state index in [1.54, 1.807) is 7.11 Å². The van der Waals surface area contributed by atoms with Crippen LogP contribution in [0.1, 0.15) is 23.6 Å². The number of H-pyrrole nitrogens is 1. The maximum absolute atomic E-state index is 5.79. The van der Waals surface area contributed by atoms with Crippen LogP contribution in [0.5, 0.6) is 11.5 Å². The number of nitrogens with one attached hydrogen (secondary N) is 2. The minimum absolute atomic E-state index is 0.614. The van der Waals surface area contributed by atoms with Crippen LogP contribution in [0.25, 0.3) is 10.9 Å². The van der Waals surface area contributed by atoms with Gasteiger partial charge < -0.3 is 19.8 Å². The highest BCUT2D eigenvalue weighted by molar-refractivity contribution is 5.83. The number of allylic oxidation sites excluding steroid dienone is 1. The molecule has 0 aliphatic carbocycles. The molecular weight excluding hydrogens is 336 g/mol. The van der Waals surface area contributed by atoms with Crippen LogP contribution in [0.3, 0.4) is 0 Å². The van der Waals surface area contributed by atoms with E-state index in [1.807, 2.05) is 13.0 Å². The Morgan fingerprint density at radius 2 is 2.04 bits per heavy atom. The molecule has 2 aromatic carbocycles. The van der Waals surface area contributed by atoms with Gasteiger partial charge in [-0.05, 0) is 49.6 Å². The summed E-state index contributed by atoms with van der Waals surface area (Å²) in [5.41, 5.74) is 4.83. The van der Waals surface area contributed by atoms with Crippen LogP contribution in [-0.2, 0) is 19.4 Å². The van der Waals surface area contributed by atoms with E-state index in [2.05, 4.69) is 59.5 Å². The van der Waals surface area contributed by atoms with Gasteiger partial charge in [0.25, 0.3) is 0 Å². The summed E-state index contributed by atoms with van der Waals surface area (Å²) in [6.45, 7) is 8.15. The van der Waals surface area contributed by atoms with Crippen molar-refractivity contribution in [2.75, 3.05) is 20.3 Å². The summed E-state index contributed by atoms with van der Waals surface area (Å²) >= 11 is 0. The predicted octanol–water partition coefficient (Wildman–Crippen LogP) is 4.64. The lowest BCUT2D eigenvalue weighted by Gasteiger charge is -2.16. The van der Waals surface area contributed by atoms with Crippen molar-refractivity contribution in [2.45, 2.75) is 26.3 Å². The normalized spacial score (nSPS) is 10.9. The zero-order valence-electron chi connectivity index (χ0n) is 16.2. The molecule has 142 valence electrons. The second-order valence-electron chi connectivity index (χ2n) is 6.50. The molecule has 0 saturated heterocycles. The Kier molecular flexibility index (Phi) is 6.55. The molecule has 0 saturated carbocycles. The van der Waals surface area contributed by atoms with Crippen LogP contribution in [-0.4, -0.2) is 25.2 Å². The van der Waals surface area contributed by atoms with E-state index < -0.39 is 0 Å². The number of hydrogen-bond donors (Lipinski definition) is 2. The molecule has 1 heterocycles. The van der Waals surface area contributed by atoms with Crippen molar-refractivity contribution in [1.82, 2.24) is 10.3 Å². The van der Waals surface area contributed by atoms with Crippen LogP contribution in [0, 0.1) is 0 Å². The molecule has 4 heteroatoms. The average Bonchev–Trinajstić information content (AvgIpc) is 3.10. The smallest absolute Gasteiger partial charge is 0.164 e. The van der Waals surface area contributed by atoms with Crippen LogP contribution >= 0.6 is 0 Å². The Morgan fingerprint density at radius 1 is 1.19 bits per heavy atom. The first kappa shape index (κ1) is 19.1. The number of para-hydroxylation sites is 1. The van der Waals surface area contributed by atoms with Gasteiger partial charge in [0, 0.05) is 29.2 Å². The first-order valence-electron chi connectivity index (χ1n) is 9.46. The van der Waals surface area contributed by atoms with E-state index in [-0.39, 0.29) is 0 Å². The third kappa shape index (κ3) is 4.52. The van der Waals surface area contributed by atoms with Crippen molar-refractivity contribution < 1.29 is 9.47 Å². The molecule has 1 aromatic heterocycles. The van der Waals surface area contributed by atoms with Gasteiger partial charge in [-0.2, -0.15) is 0 Å². The Morgan fingerprint density at radius 3 is 2.81 bits per heavy atom. The maximum Gasteiger partial charge on any atom is 0.164 e. The molecule has 0 bridgehead atoms. The van der Waals surface area contributed by atoms with Crippen LogP contribution in [0.15, 0.2) is 55.3 Å². The van der Waals surface area contributed by atoms with Gasteiger partial charge in [0.2, 0.25) is 0 Å². The van der Waals surface area contributed by atoms with Gasteiger partial charge in [-0.15, -0.1) is 6.58 Å². The maximum atomic E-state index is 5.79. The summed E-state index contributed by atoms with van der Waals surface area (Å²) in [4.78, 5) is 3.33. The van der Waals surface area contributed by atoms with E-state index >= 15 is 0 Å². The Hall–Kier alpha value is -2.72. The third-order valence-electron chi connectivity index (χ3n) is 4.64. The van der Waals surface area contributed by atoms with E-state index in [1.165, 1.54) is 22.0 Å². The second-order valence-corrected chi connectivity index (χ2v) is 6.50. The van der Waals surface area contributed by atoms with Crippen LogP contribution in [0.4, 0.5) is 0 Å². The summed E-state index contributed by atoms with van der Waals surface area (Å²) in [5, 5.41) is 4.84. The fourth-order valence-corrected chi connectivity index (χ4v) is 3.39. The van der Waals surface area contributed by atoms with Crippen molar-refractivity contribution >= 4 is 10.9 Å². The molecule has 0 fully saturated rings. The minimum atomic E-state index is 0.614. The molecule has 0 aliphatic rings. The first-order valence-corrected chi connectivity index (χ1v) is 9.46. The number of methoxy groups -OCH3 is 1. The Balaban J connectivity index is 1.64. The Labute approximate surface area is 161 Å². The van der Waals surface area contributed by atoms with Gasteiger partial charge in [-0.3, -0.25) is 0 Å². The number of aromatic nitrogens is 1. The van der Waals surface area contributed by atoms with Crippen LogP contribution < -0.4 is 14.8 Å². The van der Waals surface area contributed by atoms with Gasteiger partial charge >= 0.3 is 0 Å². The standard InChI is InChI=1S/C23H28N2O2/c1-4-8-18-13-17(14-22(26-3)23(18)27-5-2)15-24-12-11-19-16-25-21-10-7-6-9-20(19)21/h4,6-7,9-10,13-14,16,24-25H,1,5,8,11-12,15H2,2-3H3. The fraction of sp³-hybridized carbons (Fsp3) is 0.304. The minimum Gasteiger partial charge on any atom is -0.493 e. The molecule has 27 heavy (non-hydrogen) atoms. The van der Waals surface area contributed by atoms with Crippen molar-refractivity contribution in [3.63, 3.8) is 0 Å². The second kappa shape index (κ2) is 9.28. The van der Waals surface area contributed by atoms with Gasteiger partial charge in [0.05, 0.1) is 13.7 Å². The lowest BCUT2D eigenvalue weighted by atomic mass is 10.1. The number of ether oxygens (including phenoxy) is 2. The van der Waals surface area contributed by atoms with Crippen molar-refractivity contribution in [1.29, 1.82) is 0 Å². The molecule has 0 spiro atoms. The molecule has 0 atom stereocenters. The number of fused-ring (bicyclic) bond motifs is 1. The lowest BCUT2D eigenvalue weighted by Crippen LogP contribution is -2.17. The molecule has 0 aliphatic heterocycles. The molecule has 4 nitrogen and oxygen atoms in total. The highest BCUT2D eigenvalue weighted by Crippen LogP contribution is 2.33. The molecular formula is C23H28N2O2. The molecule has 0 unspecified atom stereocenters. The van der Waals surface area contributed by atoms with Gasteiger partial charge in [0.15, 0.2) is 11.5 Å². The van der Waals surface area contributed by atoms with E-state index in [0.717, 1.165) is 43.0 Å². The fourth-order valence-electron chi connectivity index (χ4n) is 3.39. The monoisotopic (exact) mass is 364 g/mol. The number of hydrogen-bond acceptors (Lipinski definition) is 3. The van der Waals surface area contributed by atoms with Crippen molar-refractivity contribution in [3.8, 4) is 11.5 Å². The molecule has 0 amide bonds. The van der Waals surface area contributed by atoms with Crippen molar-refractivity contribution in [2.24, 2.45) is 0 Å². The molecule has 3 rings (SSSR count). The summed E-state index contributed by atoms with van der Waals surface area (Å²) in [5.74, 6) is 1.60. The zero-order valence-corrected chi connectivity index (χ0v) is 16.2. The van der Waals surface area contributed by atoms with Gasteiger partial charge in [-0.25, -0.2) is 0 Å². The Bertz CT molecular complexity index is 899. The molecule has 2 N–H and O–H groups in total. The van der Waals surface area contributed by atoms with Crippen LogP contribution in [0.2, 0.25) is 0 Å². The number of rotatable bonds is 10. The van der Waals surface area contributed by atoms with Gasteiger partial charge in [-0.1, -0.05) is 30.3 Å². The highest BCUT2D eigenvalue weighted by Gasteiger charge is 2.12. The van der Waals surface area contributed by atoms with E-state index in [0.29, 0.717) is 6.61 Å². The largest absolute Gasteiger partial charge is 0.493 e. The number of aromatic amines is 1. The summed E-state index contributed by atoms with van der Waals surface area (Å²) < 4.78 is 11.3. The van der Waals surface area contributed by atoms with E-state index in [9.17, 15) is 0 Å². The predicted molar refractivity (Wildman–Crippen MR) is 112 cm³/mol. The summed E-state index contributed by atoms with van der Waals surface area (Å²) in [6, 6.07) is 12.6. The zero-order chi connectivity index (χ0) is 19.1. The summed E-state index contributed by atoms with van der Waals surface area (Å²) in [7, 11) is 1.68. The third-order valence-corrected chi connectivity index (χ3v) is 4.64. The topological polar surface area (TPSA) is 46.3 Å². The quantitative estimate of drug-likeness (QED) is 0.407. The molecule has 3 aromatic rings. The molecule has 0 radical (unpaired) electrons. The first-order chi connectivity index (χ1) is 13.3. The lowest BCUT2D eigenvalue weighted by molar-refractivity contribution is 0.308.